The molecule has 1 aromatic heterocycles. The second-order valence-electron chi connectivity index (χ2n) is 8.18. The number of alkyl halides is 3. The van der Waals surface area contributed by atoms with E-state index >= 15 is 0 Å². The first-order chi connectivity index (χ1) is 18.1. The first-order valence-corrected chi connectivity index (χ1v) is 11.6. The lowest BCUT2D eigenvalue weighted by atomic mass is 9.85. The normalized spacial score (nSPS) is 15.2. The minimum absolute atomic E-state index is 0.198. The fourth-order valence-corrected chi connectivity index (χ4v) is 4.72. The molecule has 0 N–H and O–H groups in total. The van der Waals surface area contributed by atoms with E-state index in [-0.39, 0.29) is 17.2 Å². The van der Waals surface area contributed by atoms with Crippen LogP contribution in [0.4, 0.5) is 35.1 Å². The molecule has 0 spiro atoms. The third kappa shape index (κ3) is 4.66. The predicted octanol–water partition coefficient (Wildman–Crippen LogP) is 7.59. The van der Waals surface area contributed by atoms with Gasteiger partial charge < -0.3 is 8.92 Å². The zero-order valence-electron chi connectivity index (χ0n) is 18.8. The van der Waals surface area contributed by atoms with Crippen molar-refractivity contribution in [2.45, 2.75) is 23.4 Å². The maximum absolute atomic E-state index is 13.9. The lowest BCUT2D eigenvalue weighted by Gasteiger charge is -2.28. The molecule has 198 valence electrons. The lowest BCUT2D eigenvalue weighted by Crippen LogP contribution is -2.18. The summed E-state index contributed by atoms with van der Waals surface area (Å²) in [6, 6.07) is 9.46. The van der Waals surface area contributed by atoms with Crippen molar-refractivity contribution in [3.63, 3.8) is 0 Å². The van der Waals surface area contributed by atoms with Crippen LogP contribution in [0.5, 0.6) is 11.5 Å². The minimum Gasteiger partial charge on any atom is -0.493 e. The van der Waals surface area contributed by atoms with Gasteiger partial charge in [-0.05, 0) is 42.3 Å². The summed E-state index contributed by atoms with van der Waals surface area (Å²) >= 11 is 0.346. The van der Waals surface area contributed by atoms with Crippen molar-refractivity contribution in [2.75, 3.05) is 6.61 Å². The number of aromatic nitrogens is 2. The summed E-state index contributed by atoms with van der Waals surface area (Å²) in [4.78, 5) is 0.216. The fourth-order valence-electron chi connectivity index (χ4n) is 4.12. The van der Waals surface area contributed by atoms with Gasteiger partial charge in [-0.1, -0.05) is 12.1 Å². The highest BCUT2D eigenvalue weighted by molar-refractivity contribution is 7.95. The van der Waals surface area contributed by atoms with E-state index in [2.05, 4.69) is 5.10 Å². The number of ether oxygens (including phenoxy) is 1. The van der Waals surface area contributed by atoms with Gasteiger partial charge in [-0.3, -0.25) is 0 Å². The van der Waals surface area contributed by atoms with Crippen molar-refractivity contribution in [1.82, 2.24) is 9.78 Å². The molecule has 1 aliphatic rings. The molecule has 4 aromatic rings. The molecule has 0 radical (unpaired) electrons. The summed E-state index contributed by atoms with van der Waals surface area (Å²) < 4.78 is 120. The smallest absolute Gasteiger partial charge is 0.416 e. The van der Waals surface area contributed by atoms with Gasteiger partial charge >= 0.3 is 6.18 Å². The molecule has 3 aromatic carbocycles. The van der Waals surface area contributed by atoms with Gasteiger partial charge in [0, 0.05) is 23.9 Å². The van der Waals surface area contributed by atoms with Crippen LogP contribution in [-0.4, -0.2) is 16.4 Å². The average Bonchev–Trinajstić information content (AvgIpc) is 3.44. The number of fused-ring (bicyclic) bond motifs is 1. The topological polar surface area (TPSA) is 36.3 Å². The van der Waals surface area contributed by atoms with Crippen molar-refractivity contribution in [2.24, 2.45) is 0 Å². The van der Waals surface area contributed by atoms with Crippen LogP contribution < -0.4 is 8.92 Å². The molecule has 1 unspecified atom stereocenters. The molecule has 0 saturated heterocycles. The molecule has 5 rings (SSSR count). The van der Waals surface area contributed by atoms with E-state index in [1.807, 2.05) is 0 Å². The third-order valence-corrected chi connectivity index (χ3v) is 6.60. The third-order valence-electron chi connectivity index (χ3n) is 5.90. The number of hydrogen-bond donors (Lipinski definition) is 0. The van der Waals surface area contributed by atoms with Crippen LogP contribution in [0.25, 0.3) is 5.69 Å². The molecule has 0 saturated carbocycles. The van der Waals surface area contributed by atoms with E-state index in [4.69, 9.17) is 8.92 Å². The molecule has 13 heteroatoms. The number of nitrogens with zero attached hydrogens (tertiary/aromatic N) is 2. The summed E-state index contributed by atoms with van der Waals surface area (Å²) in [6.45, 7) is 0.198. The molecular formula is C25H14F8N2O2S. The molecule has 2 heterocycles. The van der Waals surface area contributed by atoms with Crippen LogP contribution in [0, 0.1) is 29.1 Å². The minimum atomic E-state index is -4.56. The second kappa shape index (κ2) is 9.86. The van der Waals surface area contributed by atoms with E-state index in [0.29, 0.717) is 35.3 Å². The standard InChI is InChI=1S/C25H14F8N2O2S/c26-19-20(27)22(29)24(23(30)21(19)28)37-38-13-3-5-16-14(6-9-36-18(16)11-13)15-4-2-12(25(31,32)33)10-17(15)35-8-1-7-34-35/h1-5,7-8,10-11,14H,6,9H2. The van der Waals surface area contributed by atoms with E-state index in [9.17, 15) is 35.1 Å². The summed E-state index contributed by atoms with van der Waals surface area (Å²) in [5.41, 5.74) is 0.570. The van der Waals surface area contributed by atoms with Crippen molar-refractivity contribution < 1.29 is 44.0 Å². The van der Waals surface area contributed by atoms with Gasteiger partial charge in [0.15, 0.2) is 0 Å². The van der Waals surface area contributed by atoms with Gasteiger partial charge in [0.1, 0.15) is 5.75 Å². The van der Waals surface area contributed by atoms with Gasteiger partial charge in [0.2, 0.25) is 34.8 Å². The highest BCUT2D eigenvalue weighted by Gasteiger charge is 2.33. The Balaban J connectivity index is 1.47. The van der Waals surface area contributed by atoms with Crippen LogP contribution in [-0.2, 0) is 6.18 Å². The Bertz CT molecular complexity index is 1480. The SMILES string of the molecule is Fc1c(F)c(F)c(OSc2ccc3c(c2)OCCC3c2ccc(C(F)(F)F)cc2-n2cccn2)c(F)c1F. The van der Waals surface area contributed by atoms with E-state index < -0.39 is 52.5 Å². The first-order valence-electron chi connectivity index (χ1n) is 10.9. The monoisotopic (exact) mass is 558 g/mol. The number of hydrogen-bond acceptors (Lipinski definition) is 4. The van der Waals surface area contributed by atoms with Gasteiger partial charge in [0.05, 0.1) is 34.8 Å². The highest BCUT2D eigenvalue weighted by Crippen LogP contribution is 2.43. The van der Waals surface area contributed by atoms with E-state index in [0.717, 1.165) is 12.1 Å². The molecule has 1 atom stereocenters. The van der Waals surface area contributed by atoms with Crippen LogP contribution in [0.15, 0.2) is 59.8 Å². The first kappa shape index (κ1) is 25.9. The molecule has 4 nitrogen and oxygen atoms in total. The molecule has 38 heavy (non-hydrogen) atoms. The Labute approximate surface area is 214 Å². The Morgan fingerprint density at radius 2 is 1.58 bits per heavy atom. The summed E-state index contributed by atoms with van der Waals surface area (Å²) in [7, 11) is 0. The molecule has 1 aliphatic heterocycles. The van der Waals surface area contributed by atoms with Crippen LogP contribution in [0.3, 0.4) is 0 Å². The molecule has 0 amide bonds. The van der Waals surface area contributed by atoms with Crippen molar-refractivity contribution in [3.8, 4) is 17.2 Å². The molecule has 0 fully saturated rings. The van der Waals surface area contributed by atoms with Crippen molar-refractivity contribution in [3.05, 3.63) is 101 Å². The Morgan fingerprint density at radius 3 is 2.24 bits per heavy atom. The van der Waals surface area contributed by atoms with E-state index in [1.165, 1.54) is 35.3 Å². The number of halogens is 8. The van der Waals surface area contributed by atoms with Gasteiger partial charge in [-0.15, -0.1) is 0 Å². The number of rotatable bonds is 5. The summed E-state index contributed by atoms with van der Waals surface area (Å²) in [5.74, 6) is -12.3. The Hall–Kier alpha value is -3.74. The van der Waals surface area contributed by atoms with Crippen molar-refractivity contribution >= 4 is 12.0 Å². The lowest BCUT2D eigenvalue weighted by molar-refractivity contribution is -0.137. The zero-order chi connectivity index (χ0) is 27.2. The Morgan fingerprint density at radius 1 is 0.895 bits per heavy atom. The fraction of sp³-hybridized carbons (Fsp3) is 0.160. The quantitative estimate of drug-likeness (QED) is 0.110. The van der Waals surface area contributed by atoms with Crippen molar-refractivity contribution in [1.29, 1.82) is 0 Å². The van der Waals surface area contributed by atoms with Gasteiger partial charge in [-0.25, -0.2) is 17.9 Å². The highest BCUT2D eigenvalue weighted by atomic mass is 32.2. The van der Waals surface area contributed by atoms with Crippen LogP contribution in [0.2, 0.25) is 0 Å². The predicted molar refractivity (Wildman–Crippen MR) is 120 cm³/mol. The maximum atomic E-state index is 13.9. The number of benzene rings is 3. The molecular weight excluding hydrogens is 544 g/mol. The largest absolute Gasteiger partial charge is 0.493 e. The zero-order valence-corrected chi connectivity index (χ0v) is 19.6. The second-order valence-corrected chi connectivity index (χ2v) is 8.98. The van der Waals surface area contributed by atoms with Gasteiger partial charge in [0.25, 0.3) is 0 Å². The van der Waals surface area contributed by atoms with Gasteiger partial charge in [-0.2, -0.15) is 27.1 Å². The molecule has 0 bridgehead atoms. The Kier molecular flexibility index (Phi) is 6.72. The summed E-state index contributed by atoms with van der Waals surface area (Å²) in [6.07, 6.45) is -1.17. The van der Waals surface area contributed by atoms with E-state index in [1.54, 1.807) is 12.1 Å². The summed E-state index contributed by atoms with van der Waals surface area (Å²) in [5, 5.41) is 4.08. The molecule has 0 aliphatic carbocycles. The maximum Gasteiger partial charge on any atom is 0.416 e. The average molecular weight is 558 g/mol. The van der Waals surface area contributed by atoms with Crippen LogP contribution in [0.1, 0.15) is 29.0 Å². The van der Waals surface area contributed by atoms with Crippen LogP contribution >= 0.6 is 12.0 Å².